The van der Waals surface area contributed by atoms with Gasteiger partial charge in [0.1, 0.15) is 5.76 Å². The van der Waals surface area contributed by atoms with Gasteiger partial charge in [-0.1, -0.05) is 57.0 Å². The number of esters is 1. The van der Waals surface area contributed by atoms with Crippen LogP contribution in [-0.2, 0) is 20.8 Å². The lowest BCUT2D eigenvalue weighted by Gasteiger charge is -2.26. The SMILES string of the molecule is C=Cc1ccc2c(C3CCCCC3)c3n(c2c1)CC1(C(=O)OC)CC1C/C=C(OC)\C=C/C3C. The highest BCUT2D eigenvalue weighted by Crippen LogP contribution is 2.58. The molecule has 0 saturated heterocycles. The fourth-order valence-electron chi connectivity index (χ4n) is 6.51. The van der Waals surface area contributed by atoms with E-state index in [1.165, 1.54) is 61.4 Å². The molecule has 2 aliphatic carbocycles. The number of benzene rings is 1. The van der Waals surface area contributed by atoms with E-state index in [0.29, 0.717) is 12.5 Å². The quantitative estimate of drug-likeness (QED) is 0.458. The second-order valence-corrected chi connectivity index (χ2v) is 10.4. The largest absolute Gasteiger partial charge is 0.497 e. The monoisotopic (exact) mass is 459 g/mol. The Kier molecular flexibility index (Phi) is 6.18. The van der Waals surface area contributed by atoms with Gasteiger partial charge in [0.05, 0.1) is 19.6 Å². The number of ether oxygens (including phenoxy) is 2. The predicted octanol–water partition coefficient (Wildman–Crippen LogP) is 7.11. The van der Waals surface area contributed by atoms with Crippen LogP contribution < -0.4 is 0 Å². The van der Waals surface area contributed by atoms with E-state index in [1.54, 1.807) is 7.11 Å². The zero-order valence-corrected chi connectivity index (χ0v) is 20.8. The number of fused-ring (bicyclic) bond motifs is 4. The molecular weight excluding hydrogens is 422 g/mol. The molecule has 3 aliphatic rings. The summed E-state index contributed by atoms with van der Waals surface area (Å²) in [6, 6.07) is 6.73. The van der Waals surface area contributed by atoms with Crippen LogP contribution in [0.1, 0.15) is 80.5 Å². The van der Waals surface area contributed by atoms with Crippen molar-refractivity contribution in [2.75, 3.05) is 14.2 Å². The summed E-state index contributed by atoms with van der Waals surface area (Å²) in [5, 5.41) is 1.34. The van der Waals surface area contributed by atoms with Gasteiger partial charge in [-0.2, -0.15) is 0 Å². The Morgan fingerprint density at radius 2 is 2.00 bits per heavy atom. The number of carbonyl (C=O) groups is 1. The Morgan fingerprint density at radius 3 is 2.71 bits per heavy atom. The second kappa shape index (κ2) is 9.13. The summed E-state index contributed by atoms with van der Waals surface area (Å²) in [5.41, 5.74) is 4.69. The fourth-order valence-corrected chi connectivity index (χ4v) is 6.51. The smallest absolute Gasteiger partial charge is 0.313 e. The maximum atomic E-state index is 13.2. The summed E-state index contributed by atoms with van der Waals surface area (Å²) < 4.78 is 13.5. The van der Waals surface area contributed by atoms with Gasteiger partial charge in [0.25, 0.3) is 0 Å². The third-order valence-electron chi connectivity index (χ3n) is 8.50. The van der Waals surface area contributed by atoms with E-state index in [1.807, 2.05) is 6.08 Å². The van der Waals surface area contributed by atoms with Crippen LogP contribution in [0.3, 0.4) is 0 Å². The molecule has 2 fully saturated rings. The highest BCUT2D eigenvalue weighted by Gasteiger charge is 2.60. The average Bonchev–Trinajstić information content (AvgIpc) is 3.49. The molecule has 0 bridgehead atoms. The summed E-state index contributed by atoms with van der Waals surface area (Å²) >= 11 is 0. The Hall–Kier alpha value is -2.75. The van der Waals surface area contributed by atoms with E-state index in [4.69, 9.17) is 9.47 Å². The van der Waals surface area contributed by atoms with Gasteiger partial charge in [0.2, 0.25) is 0 Å². The lowest BCUT2D eigenvalue weighted by atomic mass is 9.81. The van der Waals surface area contributed by atoms with Crippen LogP contribution in [0.2, 0.25) is 0 Å². The molecule has 34 heavy (non-hydrogen) atoms. The normalized spacial score (nSPS) is 29.7. The second-order valence-electron chi connectivity index (χ2n) is 10.4. The van der Waals surface area contributed by atoms with E-state index in [2.05, 4.69) is 54.5 Å². The number of hydrogen-bond donors (Lipinski definition) is 0. The van der Waals surface area contributed by atoms with Gasteiger partial charge >= 0.3 is 5.97 Å². The maximum Gasteiger partial charge on any atom is 0.313 e. The van der Waals surface area contributed by atoms with Crippen molar-refractivity contribution in [3.8, 4) is 0 Å². The number of carbonyl (C=O) groups excluding carboxylic acids is 1. The van der Waals surface area contributed by atoms with Crippen LogP contribution in [0.4, 0.5) is 0 Å². The molecule has 2 heterocycles. The lowest BCUT2D eigenvalue weighted by molar-refractivity contribution is -0.148. The van der Waals surface area contributed by atoms with Crippen LogP contribution in [-0.4, -0.2) is 24.8 Å². The molecule has 180 valence electrons. The standard InChI is InChI=1S/C30H37NO3/c1-5-21-12-16-25-26(17-21)31-19-30(29(32)34-4)18-23(30)13-15-24(33-3)14-11-20(2)28(31)27(25)22-9-7-6-8-10-22/h5,11-12,14-17,20,22-23H,1,6-10,13,18-19H2,2-4H3/b14-11-,24-15+. The molecular formula is C30H37NO3. The van der Waals surface area contributed by atoms with Gasteiger partial charge in [-0.05, 0) is 66.9 Å². The molecule has 1 aromatic carbocycles. The molecule has 2 aromatic rings. The summed E-state index contributed by atoms with van der Waals surface area (Å²) in [7, 11) is 3.25. The van der Waals surface area contributed by atoms with Crippen LogP contribution in [0, 0.1) is 11.3 Å². The van der Waals surface area contributed by atoms with Gasteiger partial charge in [-0.15, -0.1) is 0 Å². The van der Waals surface area contributed by atoms with E-state index < -0.39 is 5.41 Å². The Labute approximate surface area is 203 Å². The summed E-state index contributed by atoms with van der Waals surface area (Å²) in [6.07, 6.45) is 16.5. The van der Waals surface area contributed by atoms with Crippen LogP contribution in [0.5, 0.6) is 0 Å². The first-order valence-corrected chi connectivity index (χ1v) is 12.8. The third-order valence-corrected chi connectivity index (χ3v) is 8.50. The Balaban J connectivity index is 1.77. The van der Waals surface area contributed by atoms with Crippen molar-refractivity contribution in [2.24, 2.45) is 11.3 Å². The summed E-state index contributed by atoms with van der Waals surface area (Å²) in [6.45, 7) is 6.96. The molecule has 1 aliphatic heterocycles. The Morgan fingerprint density at radius 1 is 1.21 bits per heavy atom. The maximum absolute atomic E-state index is 13.2. The fraction of sp³-hybridized carbons (Fsp3) is 0.500. The zero-order valence-electron chi connectivity index (χ0n) is 20.8. The molecule has 0 N–H and O–H groups in total. The van der Waals surface area contributed by atoms with Gasteiger partial charge in [-0.25, -0.2) is 0 Å². The minimum absolute atomic E-state index is 0.0865. The molecule has 2 saturated carbocycles. The molecule has 5 rings (SSSR count). The van der Waals surface area contributed by atoms with Crippen molar-refractivity contribution >= 4 is 22.9 Å². The van der Waals surface area contributed by atoms with Crippen molar-refractivity contribution in [3.05, 3.63) is 65.6 Å². The van der Waals surface area contributed by atoms with Crippen molar-refractivity contribution in [1.82, 2.24) is 4.57 Å². The number of aromatic nitrogens is 1. The number of rotatable bonds is 4. The number of nitrogens with zero attached hydrogens (tertiary/aromatic N) is 1. The number of methoxy groups -OCH3 is 2. The van der Waals surface area contributed by atoms with Crippen LogP contribution in [0.15, 0.2) is 48.8 Å². The lowest BCUT2D eigenvalue weighted by Crippen LogP contribution is -2.27. The van der Waals surface area contributed by atoms with Crippen molar-refractivity contribution in [2.45, 2.75) is 70.3 Å². The molecule has 0 spiro atoms. The highest BCUT2D eigenvalue weighted by atomic mass is 16.5. The van der Waals surface area contributed by atoms with Crippen molar-refractivity contribution < 1.29 is 14.3 Å². The summed E-state index contributed by atoms with van der Waals surface area (Å²) in [5.74, 6) is 1.80. The molecule has 4 heteroatoms. The minimum Gasteiger partial charge on any atom is -0.497 e. The third kappa shape index (κ3) is 3.81. The Bertz CT molecular complexity index is 1160. The molecule has 0 radical (unpaired) electrons. The van der Waals surface area contributed by atoms with Gasteiger partial charge < -0.3 is 14.0 Å². The van der Waals surface area contributed by atoms with Gasteiger partial charge in [-0.3, -0.25) is 4.79 Å². The summed E-state index contributed by atoms with van der Waals surface area (Å²) in [4.78, 5) is 13.2. The predicted molar refractivity (Wildman–Crippen MR) is 138 cm³/mol. The van der Waals surface area contributed by atoms with E-state index >= 15 is 0 Å². The number of hydrogen-bond acceptors (Lipinski definition) is 3. The van der Waals surface area contributed by atoms with Crippen molar-refractivity contribution in [3.63, 3.8) is 0 Å². The zero-order chi connectivity index (χ0) is 23.9. The molecule has 1 aromatic heterocycles. The van der Waals surface area contributed by atoms with Crippen LogP contribution in [0.25, 0.3) is 17.0 Å². The van der Waals surface area contributed by atoms with Crippen LogP contribution >= 0.6 is 0 Å². The topological polar surface area (TPSA) is 40.5 Å². The number of allylic oxidation sites excluding steroid dienone is 3. The minimum atomic E-state index is -0.483. The molecule has 3 unspecified atom stereocenters. The first kappa shape index (κ1) is 23.0. The van der Waals surface area contributed by atoms with Gasteiger partial charge in [0, 0.05) is 29.1 Å². The average molecular weight is 460 g/mol. The van der Waals surface area contributed by atoms with Crippen molar-refractivity contribution in [1.29, 1.82) is 0 Å². The van der Waals surface area contributed by atoms with E-state index in [9.17, 15) is 4.79 Å². The molecule has 4 nitrogen and oxygen atoms in total. The van der Waals surface area contributed by atoms with Gasteiger partial charge in [0.15, 0.2) is 0 Å². The molecule has 3 atom stereocenters. The van der Waals surface area contributed by atoms with E-state index in [-0.39, 0.29) is 17.8 Å². The van der Waals surface area contributed by atoms with E-state index in [0.717, 1.165) is 24.2 Å². The first-order chi connectivity index (χ1) is 16.5. The highest BCUT2D eigenvalue weighted by molar-refractivity contribution is 5.89. The first-order valence-electron chi connectivity index (χ1n) is 12.8. The molecule has 0 amide bonds.